The minimum absolute atomic E-state index is 0.0466. The van der Waals surface area contributed by atoms with Gasteiger partial charge in [0.05, 0.1) is 35.8 Å². The van der Waals surface area contributed by atoms with Gasteiger partial charge in [0.1, 0.15) is 12.2 Å². The number of aryl methyl sites for hydroxylation is 1. The molecule has 1 saturated heterocycles. The third-order valence-electron chi connectivity index (χ3n) is 8.61. The van der Waals surface area contributed by atoms with Crippen molar-refractivity contribution >= 4 is 20.9 Å². The van der Waals surface area contributed by atoms with E-state index in [4.69, 9.17) is 14.2 Å². The summed E-state index contributed by atoms with van der Waals surface area (Å²) in [4.78, 5) is 0.237. The van der Waals surface area contributed by atoms with E-state index in [2.05, 4.69) is 26.0 Å². The van der Waals surface area contributed by atoms with Gasteiger partial charge in [0, 0.05) is 23.1 Å². The van der Waals surface area contributed by atoms with E-state index < -0.39 is 22.2 Å². The number of aromatic nitrogens is 1. The zero-order valence-electron chi connectivity index (χ0n) is 25.4. The predicted octanol–water partition coefficient (Wildman–Crippen LogP) is 7.84. The molecule has 0 bridgehead atoms. The molecule has 6 nitrogen and oxygen atoms in total. The molecule has 6 rings (SSSR count). The number of hydrogen-bond donors (Lipinski definition) is 0. The van der Waals surface area contributed by atoms with E-state index >= 15 is 0 Å². The van der Waals surface area contributed by atoms with Crippen molar-refractivity contribution in [2.24, 2.45) is 5.92 Å². The van der Waals surface area contributed by atoms with Gasteiger partial charge in [-0.25, -0.2) is 12.4 Å². The van der Waals surface area contributed by atoms with Crippen LogP contribution in [0.5, 0.6) is 0 Å². The molecule has 4 aromatic carbocycles. The van der Waals surface area contributed by atoms with Gasteiger partial charge in [-0.2, -0.15) is 0 Å². The fraction of sp³-hybridized carbons (Fsp3) is 0.297. The summed E-state index contributed by atoms with van der Waals surface area (Å²) in [6, 6.07) is 34.7. The molecule has 0 unspecified atom stereocenters. The Kier molecular flexibility index (Phi) is 9.01. The van der Waals surface area contributed by atoms with Crippen LogP contribution in [0, 0.1) is 12.8 Å². The molecule has 0 N–H and O–H groups in total. The molecule has 0 amide bonds. The second-order valence-electron chi connectivity index (χ2n) is 11.6. The molecule has 2 heterocycles. The van der Waals surface area contributed by atoms with Gasteiger partial charge in [-0.15, -0.1) is 0 Å². The standard InChI is InChI=1S/C37H39NO5S/c1-4-34-27(3)35(41-24-28-13-7-5-8-14-28)37(42-25-29-15-9-6-10-16-29)36(43-34)32-23-38(33-18-12-11-17-31(32)33)44(39,40)30-21-19-26(2)20-22-30/h5-23,27,34-37H,4,24-25H2,1-3H3/t27-,34-,35+,36+,37-/m1/s1. The van der Waals surface area contributed by atoms with Crippen molar-refractivity contribution in [2.45, 2.75) is 69.7 Å². The minimum Gasteiger partial charge on any atom is -0.370 e. The Morgan fingerprint density at radius 2 is 1.32 bits per heavy atom. The fourth-order valence-corrected chi connectivity index (χ4v) is 7.56. The first-order valence-electron chi connectivity index (χ1n) is 15.3. The molecule has 5 aromatic rings. The van der Waals surface area contributed by atoms with Crippen molar-refractivity contribution in [3.8, 4) is 0 Å². The van der Waals surface area contributed by atoms with Crippen LogP contribution in [-0.4, -0.2) is 30.7 Å². The maximum atomic E-state index is 14.0. The molecular weight excluding hydrogens is 570 g/mol. The van der Waals surface area contributed by atoms with Crippen LogP contribution in [0.25, 0.3) is 10.9 Å². The third kappa shape index (κ3) is 6.10. The highest BCUT2D eigenvalue weighted by molar-refractivity contribution is 7.90. The average molecular weight is 610 g/mol. The Hall–Kier alpha value is -3.75. The number of rotatable bonds is 10. The topological polar surface area (TPSA) is 66.8 Å². The second kappa shape index (κ2) is 13.1. The largest absolute Gasteiger partial charge is 0.370 e. The number of nitrogens with zero attached hydrogens (tertiary/aromatic N) is 1. The lowest BCUT2D eigenvalue weighted by Gasteiger charge is -2.45. The van der Waals surface area contributed by atoms with E-state index in [9.17, 15) is 8.42 Å². The van der Waals surface area contributed by atoms with Crippen molar-refractivity contribution in [1.82, 2.24) is 3.97 Å². The van der Waals surface area contributed by atoms with Crippen LogP contribution >= 0.6 is 0 Å². The Morgan fingerprint density at radius 1 is 0.750 bits per heavy atom. The van der Waals surface area contributed by atoms with E-state index in [1.165, 1.54) is 3.97 Å². The Morgan fingerprint density at radius 3 is 1.93 bits per heavy atom. The summed E-state index contributed by atoms with van der Waals surface area (Å²) in [5, 5.41) is 0.813. The molecule has 1 aliphatic rings. The van der Waals surface area contributed by atoms with Gasteiger partial charge in [-0.05, 0) is 42.7 Å². The van der Waals surface area contributed by atoms with Crippen LogP contribution in [0.15, 0.2) is 120 Å². The van der Waals surface area contributed by atoms with E-state index in [-0.39, 0.29) is 23.0 Å². The molecule has 0 saturated carbocycles. The lowest BCUT2D eigenvalue weighted by Crippen LogP contribution is -2.51. The SMILES string of the molecule is CC[C@H]1O[C@@H](c2cn(S(=O)(=O)c3ccc(C)cc3)c3ccccc23)[C@H](OCc2ccccc2)[C@@H](OCc2ccccc2)[C@@H]1C. The zero-order chi connectivity index (χ0) is 30.7. The summed E-state index contributed by atoms with van der Waals surface area (Å²) in [6.45, 7) is 7.03. The highest BCUT2D eigenvalue weighted by Gasteiger charge is 2.46. The molecule has 0 spiro atoms. The van der Waals surface area contributed by atoms with Crippen LogP contribution in [0.2, 0.25) is 0 Å². The van der Waals surface area contributed by atoms with E-state index in [1.807, 2.05) is 91.9 Å². The first-order valence-corrected chi connectivity index (χ1v) is 16.7. The fourth-order valence-electron chi connectivity index (χ4n) is 6.18. The molecule has 7 heteroatoms. The molecule has 44 heavy (non-hydrogen) atoms. The lowest BCUT2D eigenvalue weighted by molar-refractivity contribution is -0.234. The predicted molar refractivity (Wildman–Crippen MR) is 173 cm³/mol. The molecule has 1 aliphatic heterocycles. The number of benzene rings is 4. The van der Waals surface area contributed by atoms with Crippen LogP contribution in [0.3, 0.4) is 0 Å². The maximum Gasteiger partial charge on any atom is 0.268 e. The monoisotopic (exact) mass is 609 g/mol. The third-order valence-corrected chi connectivity index (χ3v) is 10.3. The van der Waals surface area contributed by atoms with Gasteiger partial charge >= 0.3 is 0 Å². The van der Waals surface area contributed by atoms with Gasteiger partial charge in [0.25, 0.3) is 10.0 Å². The summed E-state index contributed by atoms with van der Waals surface area (Å²) < 4.78 is 49.7. The first kappa shape index (κ1) is 30.3. The lowest BCUT2D eigenvalue weighted by atomic mass is 9.84. The van der Waals surface area contributed by atoms with Gasteiger partial charge in [0.15, 0.2) is 0 Å². The van der Waals surface area contributed by atoms with E-state index in [1.54, 1.807) is 18.3 Å². The molecule has 1 fully saturated rings. The maximum absolute atomic E-state index is 14.0. The summed E-state index contributed by atoms with van der Waals surface area (Å²) in [5.41, 5.74) is 4.49. The van der Waals surface area contributed by atoms with Gasteiger partial charge in [-0.3, -0.25) is 0 Å². The van der Waals surface area contributed by atoms with Crippen molar-refractivity contribution in [2.75, 3.05) is 0 Å². The molecule has 0 aliphatic carbocycles. The van der Waals surface area contributed by atoms with Gasteiger partial charge in [-0.1, -0.05) is 110 Å². The minimum atomic E-state index is -3.87. The molecule has 228 valence electrons. The van der Waals surface area contributed by atoms with E-state index in [0.29, 0.717) is 18.7 Å². The molecule has 5 atom stereocenters. The zero-order valence-corrected chi connectivity index (χ0v) is 26.2. The normalized spacial score (nSPS) is 22.3. The van der Waals surface area contributed by atoms with Crippen LogP contribution in [0.4, 0.5) is 0 Å². The van der Waals surface area contributed by atoms with Crippen LogP contribution in [0.1, 0.15) is 48.6 Å². The summed E-state index contributed by atoms with van der Waals surface area (Å²) >= 11 is 0. The smallest absolute Gasteiger partial charge is 0.268 e. The van der Waals surface area contributed by atoms with Crippen molar-refractivity contribution in [3.05, 3.63) is 138 Å². The number of hydrogen-bond acceptors (Lipinski definition) is 5. The van der Waals surface area contributed by atoms with Gasteiger partial charge in [0.2, 0.25) is 0 Å². The highest BCUT2D eigenvalue weighted by Crippen LogP contribution is 2.43. The first-order chi connectivity index (χ1) is 21.4. The van der Waals surface area contributed by atoms with Gasteiger partial charge < -0.3 is 14.2 Å². The average Bonchev–Trinajstić information content (AvgIpc) is 3.45. The van der Waals surface area contributed by atoms with Crippen LogP contribution in [-0.2, 0) is 37.4 Å². The quantitative estimate of drug-likeness (QED) is 0.161. The van der Waals surface area contributed by atoms with Crippen molar-refractivity contribution < 1.29 is 22.6 Å². The number of fused-ring (bicyclic) bond motifs is 1. The molecular formula is C37H39NO5S. The molecule has 0 radical (unpaired) electrons. The number of para-hydroxylation sites is 1. The Balaban J connectivity index is 1.44. The van der Waals surface area contributed by atoms with Crippen LogP contribution < -0.4 is 0 Å². The molecule has 1 aromatic heterocycles. The second-order valence-corrected chi connectivity index (χ2v) is 13.4. The Bertz CT molecular complexity index is 1780. The summed E-state index contributed by atoms with van der Waals surface area (Å²) in [7, 11) is -3.87. The highest BCUT2D eigenvalue weighted by atomic mass is 32.2. The Labute approximate surface area is 260 Å². The summed E-state index contributed by atoms with van der Waals surface area (Å²) in [6.07, 6.45) is 1.07. The van der Waals surface area contributed by atoms with E-state index in [0.717, 1.165) is 34.1 Å². The number of ether oxygens (including phenoxy) is 3. The summed E-state index contributed by atoms with van der Waals surface area (Å²) in [5.74, 6) is 0.0466. The van der Waals surface area contributed by atoms with Crippen molar-refractivity contribution in [1.29, 1.82) is 0 Å². The van der Waals surface area contributed by atoms with Crippen molar-refractivity contribution in [3.63, 3.8) is 0 Å².